The van der Waals surface area contributed by atoms with Crippen LogP contribution in [0.5, 0.6) is 0 Å². The van der Waals surface area contributed by atoms with Crippen LogP contribution in [0.1, 0.15) is 36.7 Å². The molecule has 0 aliphatic rings. The molecule has 0 bridgehead atoms. The van der Waals surface area contributed by atoms with E-state index in [-0.39, 0.29) is 16.4 Å². The second-order valence-electron chi connectivity index (χ2n) is 4.73. The minimum Gasteiger partial charge on any atom is -0.478 e. The maximum atomic E-state index is 12.2. The van der Waals surface area contributed by atoms with E-state index in [1.54, 1.807) is 6.07 Å². The highest BCUT2D eigenvalue weighted by molar-refractivity contribution is 7.89. The van der Waals surface area contributed by atoms with Crippen LogP contribution in [0.3, 0.4) is 0 Å². The van der Waals surface area contributed by atoms with Crippen LogP contribution in [0.2, 0.25) is 0 Å². The molecule has 6 heteroatoms. The molecule has 0 unspecified atom stereocenters. The monoisotopic (exact) mass is 285 g/mol. The molecule has 1 aromatic carbocycles. The zero-order valence-electron chi connectivity index (χ0n) is 11.3. The third kappa shape index (κ3) is 4.04. The molecule has 0 saturated heterocycles. The second kappa shape index (κ2) is 6.16. The van der Waals surface area contributed by atoms with Gasteiger partial charge in [-0.25, -0.2) is 17.9 Å². The topological polar surface area (TPSA) is 83.5 Å². The predicted molar refractivity (Wildman–Crippen MR) is 72.8 cm³/mol. The maximum Gasteiger partial charge on any atom is 0.335 e. The van der Waals surface area contributed by atoms with Crippen LogP contribution >= 0.6 is 0 Å². The number of carboxylic acids is 1. The first-order valence-corrected chi connectivity index (χ1v) is 7.62. The van der Waals surface area contributed by atoms with E-state index in [9.17, 15) is 13.2 Å². The summed E-state index contributed by atoms with van der Waals surface area (Å²) in [6.45, 7) is 5.95. The summed E-state index contributed by atoms with van der Waals surface area (Å²) in [5.74, 6) is -0.953. The first-order chi connectivity index (χ1) is 8.77. The van der Waals surface area contributed by atoms with Crippen LogP contribution in [0, 0.1) is 5.92 Å². The lowest BCUT2D eigenvalue weighted by Crippen LogP contribution is -2.28. The number of aryl methyl sites for hydroxylation is 1. The Hall–Kier alpha value is -1.40. The fourth-order valence-electron chi connectivity index (χ4n) is 1.58. The summed E-state index contributed by atoms with van der Waals surface area (Å²) in [5.41, 5.74) is 0.586. The third-order valence-electron chi connectivity index (χ3n) is 2.67. The lowest BCUT2D eigenvalue weighted by atomic mass is 10.1. The largest absolute Gasteiger partial charge is 0.478 e. The molecule has 1 rings (SSSR count). The highest BCUT2D eigenvalue weighted by Crippen LogP contribution is 2.18. The molecule has 0 saturated carbocycles. The summed E-state index contributed by atoms with van der Waals surface area (Å²) in [6.07, 6.45) is 0.526. The number of carboxylic acid groups (broad SMARTS) is 1. The Kier molecular flexibility index (Phi) is 5.08. The van der Waals surface area contributed by atoms with Crippen molar-refractivity contribution < 1.29 is 18.3 Å². The van der Waals surface area contributed by atoms with Gasteiger partial charge in [0.25, 0.3) is 0 Å². The van der Waals surface area contributed by atoms with E-state index in [1.807, 2.05) is 20.8 Å². The van der Waals surface area contributed by atoms with Gasteiger partial charge in [-0.3, -0.25) is 0 Å². The van der Waals surface area contributed by atoms with Gasteiger partial charge in [0.1, 0.15) is 0 Å². The number of hydrogen-bond donors (Lipinski definition) is 2. The zero-order valence-corrected chi connectivity index (χ0v) is 12.1. The van der Waals surface area contributed by atoms with Crippen molar-refractivity contribution in [1.82, 2.24) is 4.72 Å². The lowest BCUT2D eigenvalue weighted by molar-refractivity contribution is 0.0696. The Morgan fingerprint density at radius 3 is 2.47 bits per heavy atom. The summed E-state index contributed by atoms with van der Waals surface area (Å²) >= 11 is 0. The summed E-state index contributed by atoms with van der Waals surface area (Å²) in [7, 11) is -3.67. The van der Waals surface area contributed by atoms with Crippen LogP contribution in [0.25, 0.3) is 0 Å². The molecule has 0 heterocycles. The van der Waals surface area contributed by atoms with E-state index in [1.165, 1.54) is 12.1 Å². The molecule has 19 heavy (non-hydrogen) atoms. The minimum atomic E-state index is -3.67. The molecule has 1 aromatic rings. The molecule has 106 valence electrons. The Morgan fingerprint density at radius 2 is 2.00 bits per heavy atom. The molecule has 0 amide bonds. The van der Waals surface area contributed by atoms with Gasteiger partial charge in [0, 0.05) is 6.54 Å². The Bertz CT molecular complexity index is 564. The quantitative estimate of drug-likeness (QED) is 0.836. The van der Waals surface area contributed by atoms with Crippen LogP contribution in [0.15, 0.2) is 23.1 Å². The number of rotatable bonds is 6. The van der Waals surface area contributed by atoms with Gasteiger partial charge in [0.2, 0.25) is 10.0 Å². The van der Waals surface area contributed by atoms with Gasteiger partial charge in [0.05, 0.1) is 10.5 Å². The van der Waals surface area contributed by atoms with Crippen LogP contribution in [0.4, 0.5) is 0 Å². The standard InChI is InChI=1S/C13H19NO4S/c1-4-10-5-6-11(13(15)16)7-12(10)19(17,18)14-8-9(2)3/h5-7,9,14H,4,8H2,1-3H3,(H,15,16). The second-order valence-corrected chi connectivity index (χ2v) is 6.46. The number of carbonyl (C=O) groups is 1. The molecule has 5 nitrogen and oxygen atoms in total. The summed E-state index contributed by atoms with van der Waals surface area (Å²) in [4.78, 5) is 11.0. The SMILES string of the molecule is CCc1ccc(C(=O)O)cc1S(=O)(=O)NCC(C)C. The Morgan fingerprint density at radius 1 is 1.37 bits per heavy atom. The van der Waals surface area contributed by atoms with Gasteiger partial charge in [-0.05, 0) is 30.0 Å². The van der Waals surface area contributed by atoms with Crippen molar-refractivity contribution in [2.24, 2.45) is 5.92 Å². The van der Waals surface area contributed by atoms with Gasteiger partial charge >= 0.3 is 5.97 Å². The number of benzene rings is 1. The van der Waals surface area contributed by atoms with E-state index in [0.29, 0.717) is 18.5 Å². The normalized spacial score (nSPS) is 11.8. The average Bonchev–Trinajstić information content (AvgIpc) is 2.35. The molecular formula is C13H19NO4S. The van der Waals surface area contributed by atoms with Crippen LogP contribution in [-0.2, 0) is 16.4 Å². The zero-order chi connectivity index (χ0) is 14.6. The van der Waals surface area contributed by atoms with Crippen LogP contribution < -0.4 is 4.72 Å². The van der Waals surface area contributed by atoms with Gasteiger partial charge < -0.3 is 5.11 Å². The molecule has 0 fully saturated rings. The summed E-state index contributed by atoms with van der Waals surface area (Å²) < 4.78 is 26.9. The summed E-state index contributed by atoms with van der Waals surface area (Å²) in [5, 5.41) is 8.94. The lowest BCUT2D eigenvalue weighted by Gasteiger charge is -2.12. The van der Waals surface area contributed by atoms with E-state index < -0.39 is 16.0 Å². The number of aromatic carboxylic acids is 1. The minimum absolute atomic E-state index is 0.0258. The Balaban J connectivity index is 3.22. The molecule has 2 N–H and O–H groups in total. The van der Waals surface area contributed by atoms with Gasteiger partial charge in [-0.2, -0.15) is 0 Å². The van der Waals surface area contributed by atoms with Gasteiger partial charge in [-0.15, -0.1) is 0 Å². The van der Waals surface area contributed by atoms with Gasteiger partial charge in [-0.1, -0.05) is 26.8 Å². The van der Waals surface area contributed by atoms with Crippen molar-refractivity contribution in [2.45, 2.75) is 32.1 Å². The highest BCUT2D eigenvalue weighted by Gasteiger charge is 2.19. The van der Waals surface area contributed by atoms with Crippen molar-refractivity contribution in [1.29, 1.82) is 0 Å². The van der Waals surface area contributed by atoms with Gasteiger partial charge in [0.15, 0.2) is 0 Å². The smallest absolute Gasteiger partial charge is 0.335 e. The van der Waals surface area contributed by atoms with Crippen LogP contribution in [-0.4, -0.2) is 26.0 Å². The molecule has 0 aliphatic carbocycles. The van der Waals surface area contributed by atoms with E-state index in [2.05, 4.69) is 4.72 Å². The molecule has 0 aliphatic heterocycles. The molecular weight excluding hydrogens is 266 g/mol. The van der Waals surface area contributed by atoms with Crippen molar-refractivity contribution >= 4 is 16.0 Å². The average molecular weight is 285 g/mol. The molecule has 0 aromatic heterocycles. The highest BCUT2D eigenvalue weighted by atomic mass is 32.2. The van der Waals surface area contributed by atoms with Crippen molar-refractivity contribution in [3.8, 4) is 0 Å². The fraction of sp³-hybridized carbons (Fsp3) is 0.462. The molecule has 0 spiro atoms. The van der Waals surface area contributed by atoms with Crippen molar-refractivity contribution in [3.05, 3.63) is 29.3 Å². The summed E-state index contributed by atoms with van der Waals surface area (Å²) in [6, 6.07) is 4.18. The fourth-order valence-corrected chi connectivity index (χ4v) is 3.13. The van der Waals surface area contributed by atoms with E-state index >= 15 is 0 Å². The van der Waals surface area contributed by atoms with Crippen molar-refractivity contribution in [3.63, 3.8) is 0 Å². The third-order valence-corrected chi connectivity index (χ3v) is 4.17. The van der Waals surface area contributed by atoms with Crippen molar-refractivity contribution in [2.75, 3.05) is 6.54 Å². The molecule has 0 atom stereocenters. The van der Waals surface area contributed by atoms with E-state index in [0.717, 1.165) is 0 Å². The number of hydrogen-bond acceptors (Lipinski definition) is 3. The number of nitrogens with one attached hydrogen (secondary N) is 1. The molecule has 0 radical (unpaired) electrons. The first kappa shape index (κ1) is 15.7. The maximum absolute atomic E-state index is 12.2. The number of sulfonamides is 1. The Labute approximate surface area is 113 Å². The first-order valence-electron chi connectivity index (χ1n) is 6.13. The van der Waals surface area contributed by atoms with E-state index in [4.69, 9.17) is 5.11 Å². The predicted octanol–water partition coefficient (Wildman–Crippen LogP) is 1.88.